The highest BCUT2D eigenvalue weighted by molar-refractivity contribution is 5.47. The van der Waals surface area contributed by atoms with Crippen LogP contribution in [0.4, 0.5) is 0 Å². The van der Waals surface area contributed by atoms with Crippen molar-refractivity contribution >= 4 is 0 Å². The standard InChI is InChI=1S/C17H25NO3/c1-19-16-4-2-3-14(11-13-5-8-18-9-6-13)17(16)21-15-7-10-20-12-15/h2-4,13,15,18H,5-12H2,1H3. The second-order valence-corrected chi connectivity index (χ2v) is 5.95. The third-order valence-electron chi connectivity index (χ3n) is 4.42. The molecule has 0 aliphatic carbocycles. The largest absolute Gasteiger partial charge is 0.493 e. The molecular weight excluding hydrogens is 266 g/mol. The van der Waals surface area contributed by atoms with Gasteiger partial charge in [-0.3, -0.25) is 0 Å². The fourth-order valence-electron chi connectivity index (χ4n) is 3.19. The fraction of sp³-hybridized carbons (Fsp3) is 0.647. The van der Waals surface area contributed by atoms with Crippen molar-refractivity contribution in [3.63, 3.8) is 0 Å². The highest BCUT2D eigenvalue weighted by atomic mass is 16.6. The van der Waals surface area contributed by atoms with Gasteiger partial charge in [-0.15, -0.1) is 0 Å². The molecule has 3 rings (SSSR count). The first-order valence-electron chi connectivity index (χ1n) is 7.98. The van der Waals surface area contributed by atoms with Gasteiger partial charge in [0.2, 0.25) is 0 Å². The zero-order chi connectivity index (χ0) is 14.5. The van der Waals surface area contributed by atoms with Crippen LogP contribution >= 0.6 is 0 Å². The van der Waals surface area contributed by atoms with Crippen LogP contribution in [0.15, 0.2) is 18.2 Å². The van der Waals surface area contributed by atoms with Gasteiger partial charge in [-0.05, 0) is 49.9 Å². The third-order valence-corrected chi connectivity index (χ3v) is 4.42. The summed E-state index contributed by atoms with van der Waals surface area (Å²) in [4.78, 5) is 0. The summed E-state index contributed by atoms with van der Waals surface area (Å²) in [6.07, 6.45) is 4.67. The first-order valence-corrected chi connectivity index (χ1v) is 7.98. The maximum Gasteiger partial charge on any atom is 0.164 e. The molecule has 1 N–H and O–H groups in total. The minimum atomic E-state index is 0.160. The molecule has 116 valence electrons. The third kappa shape index (κ3) is 3.69. The van der Waals surface area contributed by atoms with Crippen LogP contribution in [0.25, 0.3) is 0 Å². The minimum Gasteiger partial charge on any atom is -0.493 e. The molecule has 2 aliphatic rings. The van der Waals surface area contributed by atoms with E-state index >= 15 is 0 Å². The molecular formula is C17H25NO3. The summed E-state index contributed by atoms with van der Waals surface area (Å²) in [7, 11) is 1.71. The van der Waals surface area contributed by atoms with E-state index in [4.69, 9.17) is 14.2 Å². The Morgan fingerprint density at radius 2 is 2.10 bits per heavy atom. The molecule has 2 heterocycles. The molecule has 0 saturated carbocycles. The number of hydrogen-bond acceptors (Lipinski definition) is 4. The molecule has 2 aliphatic heterocycles. The van der Waals surface area contributed by atoms with Crippen LogP contribution in [0.1, 0.15) is 24.8 Å². The molecule has 0 spiro atoms. The van der Waals surface area contributed by atoms with Crippen LogP contribution in [-0.4, -0.2) is 39.5 Å². The van der Waals surface area contributed by atoms with E-state index in [1.165, 1.54) is 18.4 Å². The summed E-state index contributed by atoms with van der Waals surface area (Å²) < 4.78 is 17.1. The van der Waals surface area contributed by atoms with Gasteiger partial charge in [0.25, 0.3) is 0 Å². The quantitative estimate of drug-likeness (QED) is 0.904. The molecule has 4 nitrogen and oxygen atoms in total. The molecule has 0 bridgehead atoms. The van der Waals surface area contributed by atoms with E-state index in [-0.39, 0.29) is 6.10 Å². The van der Waals surface area contributed by atoms with Crippen LogP contribution < -0.4 is 14.8 Å². The summed E-state index contributed by atoms with van der Waals surface area (Å²) in [6, 6.07) is 6.22. The number of methoxy groups -OCH3 is 1. The molecule has 0 radical (unpaired) electrons. The first-order chi connectivity index (χ1) is 10.4. The van der Waals surface area contributed by atoms with Crippen LogP contribution in [0.5, 0.6) is 11.5 Å². The lowest BCUT2D eigenvalue weighted by Crippen LogP contribution is -2.29. The number of hydrogen-bond donors (Lipinski definition) is 1. The van der Waals surface area contributed by atoms with Crippen molar-refractivity contribution in [1.82, 2.24) is 5.32 Å². The van der Waals surface area contributed by atoms with Gasteiger partial charge in [0, 0.05) is 6.42 Å². The van der Waals surface area contributed by atoms with Crippen molar-refractivity contribution in [3.05, 3.63) is 23.8 Å². The van der Waals surface area contributed by atoms with E-state index in [0.717, 1.165) is 50.0 Å². The number of para-hydroxylation sites is 1. The fourth-order valence-corrected chi connectivity index (χ4v) is 3.19. The lowest BCUT2D eigenvalue weighted by atomic mass is 9.90. The van der Waals surface area contributed by atoms with Crippen molar-refractivity contribution in [3.8, 4) is 11.5 Å². The second kappa shape index (κ2) is 7.14. The monoisotopic (exact) mass is 291 g/mol. The molecule has 2 fully saturated rings. The van der Waals surface area contributed by atoms with Gasteiger partial charge in [-0.1, -0.05) is 12.1 Å². The summed E-state index contributed by atoms with van der Waals surface area (Å²) in [6.45, 7) is 3.73. The molecule has 0 aromatic heterocycles. The molecule has 1 aromatic carbocycles. The van der Waals surface area contributed by atoms with Crippen LogP contribution in [0, 0.1) is 5.92 Å². The summed E-state index contributed by atoms with van der Waals surface area (Å²) >= 11 is 0. The highest BCUT2D eigenvalue weighted by Crippen LogP contribution is 2.35. The Morgan fingerprint density at radius 3 is 2.81 bits per heavy atom. The lowest BCUT2D eigenvalue weighted by molar-refractivity contribution is 0.137. The smallest absolute Gasteiger partial charge is 0.164 e. The van der Waals surface area contributed by atoms with Crippen molar-refractivity contribution in [2.45, 2.75) is 31.8 Å². The first kappa shape index (κ1) is 14.7. The van der Waals surface area contributed by atoms with Gasteiger partial charge in [0.15, 0.2) is 11.5 Å². The van der Waals surface area contributed by atoms with E-state index in [9.17, 15) is 0 Å². The van der Waals surface area contributed by atoms with E-state index in [1.54, 1.807) is 7.11 Å². The highest BCUT2D eigenvalue weighted by Gasteiger charge is 2.23. The van der Waals surface area contributed by atoms with Crippen LogP contribution in [-0.2, 0) is 11.2 Å². The Kier molecular flexibility index (Phi) is 4.99. The maximum atomic E-state index is 6.20. The second-order valence-electron chi connectivity index (χ2n) is 5.95. The summed E-state index contributed by atoms with van der Waals surface area (Å²) in [5.74, 6) is 2.50. The van der Waals surface area contributed by atoms with Crippen molar-refractivity contribution in [1.29, 1.82) is 0 Å². The van der Waals surface area contributed by atoms with Gasteiger partial charge in [0.05, 0.1) is 20.3 Å². The number of ether oxygens (including phenoxy) is 3. The van der Waals surface area contributed by atoms with E-state index in [1.807, 2.05) is 6.07 Å². The molecule has 2 saturated heterocycles. The summed E-state index contributed by atoms with van der Waals surface area (Å²) in [5.41, 5.74) is 1.27. The number of benzene rings is 1. The zero-order valence-corrected chi connectivity index (χ0v) is 12.8. The van der Waals surface area contributed by atoms with Gasteiger partial charge in [-0.2, -0.15) is 0 Å². The number of piperidine rings is 1. The number of rotatable bonds is 5. The average Bonchev–Trinajstić information content (AvgIpc) is 3.03. The van der Waals surface area contributed by atoms with E-state index < -0.39 is 0 Å². The van der Waals surface area contributed by atoms with Crippen LogP contribution in [0.2, 0.25) is 0 Å². The average molecular weight is 291 g/mol. The SMILES string of the molecule is COc1cccc(CC2CCNCC2)c1OC1CCOC1. The number of nitrogens with one attached hydrogen (secondary N) is 1. The van der Waals surface area contributed by atoms with Crippen LogP contribution in [0.3, 0.4) is 0 Å². The van der Waals surface area contributed by atoms with Gasteiger partial charge >= 0.3 is 0 Å². The van der Waals surface area contributed by atoms with Gasteiger partial charge < -0.3 is 19.5 Å². The molecule has 0 amide bonds. The Bertz CT molecular complexity index is 451. The van der Waals surface area contributed by atoms with Gasteiger partial charge in [0.1, 0.15) is 6.10 Å². The Hall–Kier alpha value is -1.26. The molecule has 1 unspecified atom stereocenters. The Morgan fingerprint density at radius 1 is 1.24 bits per heavy atom. The molecule has 21 heavy (non-hydrogen) atoms. The van der Waals surface area contributed by atoms with Gasteiger partial charge in [-0.25, -0.2) is 0 Å². The zero-order valence-electron chi connectivity index (χ0n) is 12.8. The maximum absolute atomic E-state index is 6.20. The van der Waals surface area contributed by atoms with E-state index in [0.29, 0.717) is 6.61 Å². The van der Waals surface area contributed by atoms with Crippen molar-refractivity contribution in [2.75, 3.05) is 33.4 Å². The predicted octanol–water partition coefficient (Wildman–Crippen LogP) is 2.41. The Balaban J connectivity index is 1.76. The topological polar surface area (TPSA) is 39.7 Å². The van der Waals surface area contributed by atoms with E-state index in [2.05, 4.69) is 17.4 Å². The normalized spacial score (nSPS) is 23.2. The van der Waals surface area contributed by atoms with Crippen molar-refractivity contribution in [2.24, 2.45) is 5.92 Å². The summed E-state index contributed by atoms with van der Waals surface area (Å²) in [5, 5.41) is 3.42. The predicted molar refractivity (Wildman–Crippen MR) is 82.1 cm³/mol. The Labute approximate surface area is 126 Å². The van der Waals surface area contributed by atoms with Crippen molar-refractivity contribution < 1.29 is 14.2 Å². The molecule has 4 heteroatoms. The lowest BCUT2D eigenvalue weighted by Gasteiger charge is -2.25. The molecule has 1 aromatic rings. The minimum absolute atomic E-state index is 0.160. The molecule has 1 atom stereocenters.